The second kappa shape index (κ2) is 8.75. The van der Waals surface area contributed by atoms with Gasteiger partial charge in [0.05, 0.1) is 16.8 Å². The van der Waals surface area contributed by atoms with Crippen LogP contribution in [0.15, 0.2) is 57.7 Å². The topological polar surface area (TPSA) is 94.6 Å². The van der Waals surface area contributed by atoms with Crippen molar-refractivity contribution in [2.45, 2.75) is 26.5 Å². The van der Waals surface area contributed by atoms with E-state index in [0.29, 0.717) is 27.8 Å². The standard InChI is InChI=1S/C20H19ClN2O5/c1-12(2)18(22-19(24)14-6-3-4-7-15(14)21)20(25)27-11-13-10-17(28-23-13)16-8-5-9-26-16/h3-10,12,18H,11H2,1-2H3,(H,22,24)/t18-/m0/s1. The molecule has 0 aliphatic carbocycles. The lowest BCUT2D eigenvalue weighted by atomic mass is 10.0. The molecule has 0 bridgehead atoms. The van der Waals surface area contributed by atoms with E-state index in [-0.39, 0.29) is 12.5 Å². The van der Waals surface area contributed by atoms with E-state index < -0.39 is 17.9 Å². The molecular weight excluding hydrogens is 384 g/mol. The Hall–Kier alpha value is -3.06. The van der Waals surface area contributed by atoms with Crippen LogP contribution in [0.4, 0.5) is 0 Å². The number of furan rings is 1. The SMILES string of the molecule is CC(C)[C@H](NC(=O)c1ccccc1Cl)C(=O)OCc1cc(-c2ccco2)on1. The Labute approximate surface area is 166 Å². The third-order valence-corrected chi connectivity index (χ3v) is 4.34. The molecular formula is C20H19ClN2O5. The number of rotatable bonds is 7. The Balaban J connectivity index is 1.62. The van der Waals surface area contributed by atoms with Gasteiger partial charge in [0.1, 0.15) is 18.3 Å². The van der Waals surface area contributed by atoms with Gasteiger partial charge in [-0.25, -0.2) is 4.79 Å². The van der Waals surface area contributed by atoms with Crippen molar-refractivity contribution in [3.8, 4) is 11.5 Å². The molecule has 28 heavy (non-hydrogen) atoms. The monoisotopic (exact) mass is 402 g/mol. The highest BCUT2D eigenvalue weighted by Gasteiger charge is 2.27. The van der Waals surface area contributed by atoms with Crippen molar-refractivity contribution in [2.75, 3.05) is 0 Å². The van der Waals surface area contributed by atoms with Gasteiger partial charge in [-0.1, -0.05) is 42.7 Å². The van der Waals surface area contributed by atoms with Crippen molar-refractivity contribution in [1.82, 2.24) is 10.5 Å². The molecule has 0 radical (unpaired) electrons. The van der Waals surface area contributed by atoms with Crippen molar-refractivity contribution in [3.05, 3.63) is 65.0 Å². The van der Waals surface area contributed by atoms with Gasteiger partial charge in [0.15, 0.2) is 5.76 Å². The van der Waals surface area contributed by atoms with Crippen LogP contribution in [0.1, 0.15) is 29.9 Å². The maximum absolute atomic E-state index is 12.5. The zero-order valence-corrected chi connectivity index (χ0v) is 16.1. The molecule has 7 nitrogen and oxygen atoms in total. The number of carbonyl (C=O) groups excluding carboxylic acids is 2. The van der Waals surface area contributed by atoms with Crippen molar-refractivity contribution in [1.29, 1.82) is 0 Å². The quantitative estimate of drug-likeness (QED) is 0.598. The van der Waals surface area contributed by atoms with Crippen LogP contribution in [0.25, 0.3) is 11.5 Å². The summed E-state index contributed by atoms with van der Waals surface area (Å²) >= 11 is 6.04. The number of hydrogen-bond donors (Lipinski definition) is 1. The van der Waals surface area contributed by atoms with E-state index in [1.807, 2.05) is 13.8 Å². The molecule has 1 atom stereocenters. The van der Waals surface area contributed by atoms with Crippen LogP contribution in [0.5, 0.6) is 0 Å². The maximum Gasteiger partial charge on any atom is 0.329 e. The molecule has 0 saturated carbocycles. The van der Waals surface area contributed by atoms with Gasteiger partial charge in [-0.2, -0.15) is 0 Å². The number of aromatic nitrogens is 1. The van der Waals surface area contributed by atoms with Crippen molar-refractivity contribution < 1.29 is 23.3 Å². The van der Waals surface area contributed by atoms with Gasteiger partial charge >= 0.3 is 5.97 Å². The van der Waals surface area contributed by atoms with Gasteiger partial charge in [-0.3, -0.25) is 4.79 Å². The minimum Gasteiger partial charge on any atom is -0.461 e. The number of esters is 1. The second-order valence-electron chi connectivity index (χ2n) is 6.44. The molecule has 2 heterocycles. The largest absolute Gasteiger partial charge is 0.461 e. The summed E-state index contributed by atoms with van der Waals surface area (Å²) in [6.07, 6.45) is 1.52. The summed E-state index contributed by atoms with van der Waals surface area (Å²) in [5.41, 5.74) is 0.724. The van der Waals surface area contributed by atoms with Gasteiger partial charge < -0.3 is 19.0 Å². The van der Waals surface area contributed by atoms with Crippen molar-refractivity contribution in [3.63, 3.8) is 0 Å². The highest BCUT2D eigenvalue weighted by Crippen LogP contribution is 2.21. The molecule has 0 aliphatic heterocycles. The Kier molecular flexibility index (Phi) is 6.16. The fourth-order valence-corrected chi connectivity index (χ4v) is 2.73. The fourth-order valence-electron chi connectivity index (χ4n) is 2.51. The van der Waals surface area contributed by atoms with E-state index in [1.165, 1.54) is 6.26 Å². The minimum absolute atomic E-state index is 0.0891. The summed E-state index contributed by atoms with van der Waals surface area (Å²) < 4.78 is 15.7. The first kappa shape index (κ1) is 19.7. The van der Waals surface area contributed by atoms with Gasteiger partial charge in [-0.05, 0) is 30.2 Å². The molecule has 0 aliphatic rings. The van der Waals surface area contributed by atoms with E-state index in [1.54, 1.807) is 42.5 Å². The van der Waals surface area contributed by atoms with Crippen LogP contribution in [0.3, 0.4) is 0 Å². The molecule has 2 aromatic heterocycles. The molecule has 3 rings (SSSR count). The van der Waals surface area contributed by atoms with Crippen LogP contribution in [0, 0.1) is 5.92 Å². The zero-order valence-electron chi connectivity index (χ0n) is 15.3. The first-order valence-electron chi connectivity index (χ1n) is 8.67. The number of nitrogens with one attached hydrogen (secondary N) is 1. The van der Waals surface area contributed by atoms with Crippen LogP contribution >= 0.6 is 11.6 Å². The average Bonchev–Trinajstić information content (AvgIpc) is 3.35. The van der Waals surface area contributed by atoms with Gasteiger partial charge in [-0.15, -0.1) is 0 Å². The number of halogens is 1. The van der Waals surface area contributed by atoms with Crippen LogP contribution in [0.2, 0.25) is 5.02 Å². The van der Waals surface area contributed by atoms with Gasteiger partial charge in [0.2, 0.25) is 5.76 Å². The molecule has 0 fully saturated rings. The van der Waals surface area contributed by atoms with E-state index in [9.17, 15) is 9.59 Å². The Morgan fingerprint density at radius 2 is 1.96 bits per heavy atom. The van der Waals surface area contributed by atoms with Crippen molar-refractivity contribution in [2.24, 2.45) is 5.92 Å². The summed E-state index contributed by atoms with van der Waals surface area (Å²) in [6.45, 7) is 3.53. The average molecular weight is 403 g/mol. The highest BCUT2D eigenvalue weighted by atomic mass is 35.5. The Morgan fingerprint density at radius 1 is 1.18 bits per heavy atom. The first-order valence-corrected chi connectivity index (χ1v) is 9.05. The van der Waals surface area contributed by atoms with E-state index >= 15 is 0 Å². The lowest BCUT2D eigenvalue weighted by Gasteiger charge is -2.20. The predicted molar refractivity (Wildman–Crippen MR) is 102 cm³/mol. The number of ether oxygens (including phenoxy) is 1. The molecule has 1 amide bonds. The molecule has 0 saturated heterocycles. The fraction of sp³-hybridized carbons (Fsp3) is 0.250. The first-order chi connectivity index (χ1) is 13.5. The minimum atomic E-state index is -0.833. The number of carbonyl (C=O) groups is 2. The zero-order chi connectivity index (χ0) is 20.1. The summed E-state index contributed by atoms with van der Waals surface area (Å²) in [5, 5.41) is 6.84. The number of nitrogens with zero attached hydrogens (tertiary/aromatic N) is 1. The predicted octanol–water partition coefficient (Wildman–Crippen LogP) is 4.09. The number of benzene rings is 1. The number of hydrogen-bond acceptors (Lipinski definition) is 6. The highest BCUT2D eigenvalue weighted by molar-refractivity contribution is 6.33. The Bertz CT molecular complexity index is 949. The molecule has 1 aromatic carbocycles. The van der Waals surface area contributed by atoms with Crippen LogP contribution in [-0.2, 0) is 16.1 Å². The molecule has 1 N–H and O–H groups in total. The van der Waals surface area contributed by atoms with Gasteiger partial charge in [0, 0.05) is 6.07 Å². The summed E-state index contributed by atoms with van der Waals surface area (Å²) in [5.74, 6) is -0.240. The number of amides is 1. The second-order valence-corrected chi connectivity index (χ2v) is 6.85. The lowest BCUT2D eigenvalue weighted by molar-refractivity contribution is -0.148. The smallest absolute Gasteiger partial charge is 0.329 e. The third kappa shape index (κ3) is 4.61. The van der Waals surface area contributed by atoms with E-state index in [2.05, 4.69) is 10.5 Å². The normalized spacial score (nSPS) is 12.0. The van der Waals surface area contributed by atoms with Crippen LogP contribution < -0.4 is 5.32 Å². The maximum atomic E-state index is 12.5. The third-order valence-electron chi connectivity index (χ3n) is 4.01. The summed E-state index contributed by atoms with van der Waals surface area (Å²) in [7, 11) is 0. The van der Waals surface area contributed by atoms with E-state index in [0.717, 1.165) is 0 Å². The molecule has 0 unspecified atom stereocenters. The molecule has 0 spiro atoms. The van der Waals surface area contributed by atoms with E-state index in [4.69, 9.17) is 25.3 Å². The summed E-state index contributed by atoms with van der Waals surface area (Å²) in [4.78, 5) is 25.0. The molecule has 8 heteroatoms. The summed E-state index contributed by atoms with van der Waals surface area (Å²) in [6, 6.07) is 10.9. The molecule has 3 aromatic rings. The Morgan fingerprint density at radius 3 is 2.64 bits per heavy atom. The molecule has 146 valence electrons. The van der Waals surface area contributed by atoms with Crippen LogP contribution in [-0.4, -0.2) is 23.1 Å². The van der Waals surface area contributed by atoms with Crippen molar-refractivity contribution >= 4 is 23.5 Å². The lowest BCUT2D eigenvalue weighted by Crippen LogP contribution is -2.45. The van der Waals surface area contributed by atoms with Gasteiger partial charge in [0.25, 0.3) is 5.91 Å².